The molecule has 0 amide bonds. The summed E-state index contributed by atoms with van der Waals surface area (Å²) >= 11 is 1.48. The molecule has 0 saturated heterocycles. The van der Waals surface area contributed by atoms with Crippen molar-refractivity contribution in [2.75, 3.05) is 0 Å². The van der Waals surface area contributed by atoms with E-state index < -0.39 is 11.1 Å². The van der Waals surface area contributed by atoms with Crippen molar-refractivity contribution in [2.45, 2.75) is 26.4 Å². The first-order chi connectivity index (χ1) is 10.5. The van der Waals surface area contributed by atoms with Gasteiger partial charge < -0.3 is 9.47 Å². The van der Waals surface area contributed by atoms with Crippen LogP contribution in [0.5, 0.6) is 5.75 Å². The number of ether oxygens (including phenoxy) is 2. The second-order valence-electron chi connectivity index (χ2n) is 4.71. The van der Waals surface area contributed by atoms with Gasteiger partial charge in [-0.1, -0.05) is 13.8 Å². The monoisotopic (exact) mass is 322 g/mol. The largest absolute Gasteiger partial charge is 0.514 e. The van der Waals surface area contributed by atoms with E-state index in [1.54, 1.807) is 6.20 Å². The number of thiazole rings is 1. The number of hydrogen-bond acceptors (Lipinski definition) is 7. The predicted octanol–water partition coefficient (Wildman–Crippen LogP) is 3.89. The van der Waals surface area contributed by atoms with Crippen molar-refractivity contribution < 1.29 is 19.2 Å². The third kappa shape index (κ3) is 4.26. The summed E-state index contributed by atoms with van der Waals surface area (Å²) in [6.07, 6.45) is 0.799. The van der Waals surface area contributed by atoms with E-state index in [1.165, 1.54) is 35.6 Å². The van der Waals surface area contributed by atoms with Crippen molar-refractivity contribution in [1.82, 2.24) is 4.98 Å². The molecule has 0 spiro atoms. The van der Waals surface area contributed by atoms with E-state index in [9.17, 15) is 14.9 Å². The zero-order valence-corrected chi connectivity index (χ0v) is 12.8. The highest BCUT2D eigenvalue weighted by molar-refractivity contribution is 7.11. The topological polar surface area (TPSA) is 91.6 Å². The minimum atomic E-state index is -0.867. The molecule has 8 heteroatoms. The molecule has 0 aliphatic heterocycles. The van der Waals surface area contributed by atoms with Gasteiger partial charge in [0.25, 0.3) is 5.69 Å². The van der Waals surface area contributed by atoms with Crippen LogP contribution in [0, 0.1) is 10.1 Å². The van der Waals surface area contributed by atoms with Crippen LogP contribution in [-0.2, 0) is 11.3 Å². The molecule has 0 bridgehead atoms. The maximum Gasteiger partial charge on any atom is 0.514 e. The number of rotatable bonds is 5. The lowest BCUT2D eigenvalue weighted by Crippen LogP contribution is -2.10. The number of nitro benzene ring substituents is 1. The first kappa shape index (κ1) is 15.9. The Morgan fingerprint density at radius 2 is 2.05 bits per heavy atom. The van der Waals surface area contributed by atoms with Gasteiger partial charge >= 0.3 is 6.16 Å². The molecule has 0 aliphatic rings. The van der Waals surface area contributed by atoms with Crippen molar-refractivity contribution in [3.8, 4) is 5.75 Å². The lowest BCUT2D eigenvalue weighted by Gasteiger charge is -2.04. The lowest BCUT2D eigenvalue weighted by molar-refractivity contribution is -0.384. The average molecular weight is 322 g/mol. The zero-order valence-electron chi connectivity index (χ0n) is 12.0. The number of aromatic nitrogens is 1. The van der Waals surface area contributed by atoms with Crippen LogP contribution >= 0.6 is 11.3 Å². The van der Waals surface area contributed by atoms with Crippen molar-refractivity contribution in [3.63, 3.8) is 0 Å². The minimum absolute atomic E-state index is 0.0772. The molecular formula is C14H14N2O5S. The smallest absolute Gasteiger partial charge is 0.428 e. The zero-order chi connectivity index (χ0) is 16.1. The number of benzene rings is 1. The van der Waals surface area contributed by atoms with Gasteiger partial charge in [0.15, 0.2) is 0 Å². The van der Waals surface area contributed by atoms with E-state index in [0.29, 0.717) is 5.92 Å². The summed E-state index contributed by atoms with van der Waals surface area (Å²) in [4.78, 5) is 26.6. The highest BCUT2D eigenvalue weighted by Crippen LogP contribution is 2.22. The molecule has 1 aromatic heterocycles. The molecule has 22 heavy (non-hydrogen) atoms. The van der Waals surface area contributed by atoms with Crippen molar-refractivity contribution in [1.29, 1.82) is 0 Å². The molecule has 2 rings (SSSR count). The molecule has 0 unspecified atom stereocenters. The molecule has 2 aromatic rings. The number of carbonyl (C=O) groups is 1. The Balaban J connectivity index is 1.85. The number of nitrogens with zero attached hydrogens (tertiary/aromatic N) is 2. The highest BCUT2D eigenvalue weighted by atomic mass is 32.1. The second-order valence-corrected chi connectivity index (χ2v) is 5.86. The molecule has 0 N–H and O–H groups in total. The average Bonchev–Trinajstić information content (AvgIpc) is 2.95. The summed E-state index contributed by atoms with van der Waals surface area (Å²) in [5.41, 5.74) is -0.0772. The van der Waals surface area contributed by atoms with Crippen LogP contribution in [-0.4, -0.2) is 16.1 Å². The number of hydrogen-bond donors (Lipinski definition) is 0. The molecule has 116 valence electrons. The SMILES string of the molecule is CC(C)c1ncc(COC(=O)Oc2ccc([N+](=O)[O-])cc2)s1. The van der Waals surface area contributed by atoms with Gasteiger partial charge in [0.05, 0.1) is 14.8 Å². The van der Waals surface area contributed by atoms with E-state index in [0.717, 1.165) is 9.88 Å². The number of carbonyl (C=O) groups excluding carboxylic acids is 1. The normalized spacial score (nSPS) is 10.5. The summed E-state index contributed by atoms with van der Waals surface area (Å²) in [7, 11) is 0. The summed E-state index contributed by atoms with van der Waals surface area (Å²) in [5, 5.41) is 11.5. The minimum Gasteiger partial charge on any atom is -0.428 e. The Kier molecular flexibility index (Phi) is 5.05. The van der Waals surface area contributed by atoms with Crippen LogP contribution in [0.3, 0.4) is 0 Å². The maximum absolute atomic E-state index is 11.6. The van der Waals surface area contributed by atoms with Crippen LogP contribution in [0.15, 0.2) is 30.5 Å². The van der Waals surface area contributed by atoms with Crippen molar-refractivity contribution in [2.24, 2.45) is 0 Å². The fraction of sp³-hybridized carbons (Fsp3) is 0.286. The van der Waals surface area contributed by atoms with E-state index in [1.807, 2.05) is 13.8 Å². The highest BCUT2D eigenvalue weighted by Gasteiger charge is 2.11. The van der Waals surface area contributed by atoms with Crippen molar-refractivity contribution in [3.05, 3.63) is 50.5 Å². The van der Waals surface area contributed by atoms with Gasteiger partial charge in [0.1, 0.15) is 12.4 Å². The Morgan fingerprint density at radius 1 is 1.36 bits per heavy atom. The van der Waals surface area contributed by atoms with Gasteiger partial charge in [0, 0.05) is 24.2 Å². The third-order valence-corrected chi connectivity index (χ3v) is 3.92. The van der Waals surface area contributed by atoms with Gasteiger partial charge in [-0.25, -0.2) is 9.78 Å². The van der Waals surface area contributed by atoms with E-state index in [-0.39, 0.29) is 18.0 Å². The number of non-ortho nitro benzene ring substituents is 1. The van der Waals surface area contributed by atoms with E-state index >= 15 is 0 Å². The molecular weight excluding hydrogens is 308 g/mol. The molecule has 7 nitrogen and oxygen atoms in total. The first-order valence-corrected chi connectivity index (χ1v) is 7.31. The predicted molar refractivity (Wildman–Crippen MR) is 80.1 cm³/mol. The Bertz CT molecular complexity index is 666. The van der Waals surface area contributed by atoms with Gasteiger partial charge in [-0.2, -0.15) is 0 Å². The van der Waals surface area contributed by atoms with Gasteiger partial charge in [-0.15, -0.1) is 11.3 Å². The molecule has 0 fully saturated rings. The fourth-order valence-corrected chi connectivity index (χ4v) is 2.38. The summed E-state index contributed by atoms with van der Waals surface area (Å²) < 4.78 is 9.90. The van der Waals surface area contributed by atoms with Gasteiger partial charge in [-0.05, 0) is 12.1 Å². The van der Waals surface area contributed by atoms with Crippen LogP contribution in [0.2, 0.25) is 0 Å². The Hall–Kier alpha value is -2.48. The summed E-state index contributed by atoms with van der Waals surface area (Å²) in [6, 6.07) is 5.17. The first-order valence-electron chi connectivity index (χ1n) is 6.49. The molecule has 1 heterocycles. The summed E-state index contributed by atoms with van der Waals surface area (Å²) in [5.74, 6) is 0.508. The lowest BCUT2D eigenvalue weighted by atomic mass is 10.2. The molecule has 1 aromatic carbocycles. The second kappa shape index (κ2) is 6.99. The Morgan fingerprint density at radius 3 is 2.59 bits per heavy atom. The molecule has 0 saturated carbocycles. The van der Waals surface area contributed by atoms with Crippen LogP contribution in [0.4, 0.5) is 10.5 Å². The van der Waals surface area contributed by atoms with Gasteiger partial charge in [-0.3, -0.25) is 10.1 Å². The quantitative estimate of drug-likeness (QED) is 0.359. The molecule has 0 atom stereocenters. The van der Waals surface area contributed by atoms with E-state index in [2.05, 4.69) is 4.98 Å². The third-order valence-electron chi connectivity index (χ3n) is 2.65. The van der Waals surface area contributed by atoms with Crippen molar-refractivity contribution >= 4 is 23.2 Å². The van der Waals surface area contributed by atoms with Crippen LogP contribution in [0.25, 0.3) is 0 Å². The standard InChI is InChI=1S/C14H14N2O5S/c1-9(2)13-15-7-12(22-13)8-20-14(17)21-11-5-3-10(4-6-11)16(18)19/h3-7,9H,8H2,1-2H3. The fourth-order valence-electron chi connectivity index (χ4n) is 1.55. The maximum atomic E-state index is 11.6. The summed E-state index contributed by atoms with van der Waals surface area (Å²) in [6.45, 7) is 4.15. The van der Waals surface area contributed by atoms with Crippen LogP contribution < -0.4 is 4.74 Å². The van der Waals surface area contributed by atoms with E-state index in [4.69, 9.17) is 9.47 Å². The Labute approximate surface area is 130 Å². The molecule has 0 radical (unpaired) electrons. The molecule has 0 aliphatic carbocycles. The van der Waals surface area contributed by atoms with Gasteiger partial charge in [0.2, 0.25) is 0 Å². The number of nitro groups is 1. The van der Waals surface area contributed by atoms with Crippen LogP contribution in [0.1, 0.15) is 29.7 Å².